The fourth-order valence-corrected chi connectivity index (χ4v) is 4.03. The monoisotopic (exact) mass is 538 g/mol. The van der Waals surface area contributed by atoms with Gasteiger partial charge in [0.25, 0.3) is 5.91 Å². The number of nitrogens with zero attached hydrogens (tertiary/aromatic N) is 4. The number of anilines is 1. The highest BCUT2D eigenvalue weighted by atomic mass is 16.6. The van der Waals surface area contributed by atoms with Crippen molar-refractivity contribution in [1.82, 2.24) is 19.7 Å². The van der Waals surface area contributed by atoms with E-state index >= 15 is 0 Å². The molecule has 12 heteroatoms. The van der Waals surface area contributed by atoms with Crippen molar-refractivity contribution in [2.24, 2.45) is 5.73 Å². The van der Waals surface area contributed by atoms with Crippen molar-refractivity contribution < 1.29 is 28.5 Å². The normalized spacial score (nSPS) is 16.5. The highest BCUT2D eigenvalue weighted by molar-refractivity contribution is 5.94. The van der Waals surface area contributed by atoms with Gasteiger partial charge in [-0.05, 0) is 25.1 Å². The minimum absolute atomic E-state index is 0.00560. The number of rotatable bonds is 13. The van der Waals surface area contributed by atoms with Crippen LogP contribution in [0.25, 0.3) is 0 Å². The van der Waals surface area contributed by atoms with Gasteiger partial charge in [0.1, 0.15) is 36.9 Å². The summed E-state index contributed by atoms with van der Waals surface area (Å²) in [7, 11) is 1.53. The fourth-order valence-electron chi connectivity index (χ4n) is 4.03. The van der Waals surface area contributed by atoms with Crippen LogP contribution in [0.15, 0.2) is 55.0 Å². The molecule has 3 aromatic rings. The van der Waals surface area contributed by atoms with Gasteiger partial charge in [0, 0.05) is 38.0 Å². The molecule has 1 aliphatic heterocycles. The Labute approximate surface area is 227 Å². The lowest BCUT2D eigenvalue weighted by atomic mass is 10.2. The highest BCUT2D eigenvalue weighted by Gasteiger charge is 2.32. The van der Waals surface area contributed by atoms with Crippen molar-refractivity contribution in [1.29, 1.82) is 0 Å². The van der Waals surface area contributed by atoms with Crippen LogP contribution >= 0.6 is 0 Å². The number of methoxy groups -OCH3 is 1. The standard InChI is InChI=1S/C27H34N6O6/c1-19-3-5-21(6-4-19)37-12-11-32(10-8-28)26(34)17-33-16-20(15-30-33)31-27(35)24-13-23(18-38-24)39-22-7-9-29-25(14-22)36-2/h3-7,9,14-16,23-24H,8,10-13,17-18,28H2,1-2H3,(H,31,35)/t23-,24+/m0/s1. The molecule has 0 aliphatic carbocycles. The molecule has 0 unspecified atom stereocenters. The molecule has 12 nitrogen and oxygen atoms in total. The number of pyridine rings is 1. The molecule has 0 saturated carbocycles. The summed E-state index contributed by atoms with van der Waals surface area (Å²) in [5.41, 5.74) is 7.32. The van der Waals surface area contributed by atoms with Crippen molar-refractivity contribution in [2.45, 2.75) is 32.1 Å². The summed E-state index contributed by atoms with van der Waals surface area (Å²) in [5.74, 6) is 1.32. The average molecular weight is 539 g/mol. The molecule has 0 spiro atoms. The maximum Gasteiger partial charge on any atom is 0.253 e. The van der Waals surface area contributed by atoms with E-state index in [2.05, 4.69) is 15.4 Å². The van der Waals surface area contributed by atoms with E-state index < -0.39 is 6.10 Å². The van der Waals surface area contributed by atoms with Crippen LogP contribution in [0.4, 0.5) is 5.69 Å². The van der Waals surface area contributed by atoms with Gasteiger partial charge in [0.15, 0.2) is 0 Å². The van der Waals surface area contributed by atoms with Gasteiger partial charge in [0.2, 0.25) is 11.8 Å². The van der Waals surface area contributed by atoms with Crippen LogP contribution in [-0.2, 0) is 20.9 Å². The second kappa shape index (κ2) is 13.6. The highest BCUT2D eigenvalue weighted by Crippen LogP contribution is 2.23. The minimum Gasteiger partial charge on any atom is -0.492 e. The summed E-state index contributed by atoms with van der Waals surface area (Å²) < 4.78 is 23.9. The average Bonchev–Trinajstić information content (AvgIpc) is 3.59. The quantitative estimate of drug-likeness (QED) is 0.332. The third-order valence-electron chi connectivity index (χ3n) is 6.07. The molecular formula is C27H34N6O6. The van der Waals surface area contributed by atoms with Crippen molar-refractivity contribution in [3.8, 4) is 17.4 Å². The molecule has 2 aromatic heterocycles. The summed E-state index contributed by atoms with van der Waals surface area (Å²) in [6.07, 6.45) is 4.12. The summed E-state index contributed by atoms with van der Waals surface area (Å²) in [6, 6.07) is 11.1. The van der Waals surface area contributed by atoms with Gasteiger partial charge in [-0.2, -0.15) is 5.10 Å². The van der Waals surface area contributed by atoms with E-state index in [0.717, 1.165) is 11.3 Å². The van der Waals surface area contributed by atoms with E-state index in [9.17, 15) is 9.59 Å². The second-order valence-electron chi connectivity index (χ2n) is 9.08. The number of aryl methyl sites for hydroxylation is 1. The summed E-state index contributed by atoms with van der Waals surface area (Å²) in [6.45, 7) is 3.76. The zero-order chi connectivity index (χ0) is 27.6. The Balaban J connectivity index is 1.23. The topological polar surface area (TPSA) is 143 Å². The first kappa shape index (κ1) is 27.9. The number of benzene rings is 1. The zero-order valence-corrected chi connectivity index (χ0v) is 22.1. The van der Waals surface area contributed by atoms with Crippen LogP contribution in [0.5, 0.6) is 17.4 Å². The van der Waals surface area contributed by atoms with E-state index in [1.54, 1.807) is 29.4 Å². The number of ether oxygens (including phenoxy) is 4. The number of nitrogens with two attached hydrogens (primary N) is 1. The number of aromatic nitrogens is 3. The van der Waals surface area contributed by atoms with Crippen molar-refractivity contribution in [3.63, 3.8) is 0 Å². The van der Waals surface area contributed by atoms with Gasteiger partial charge in [-0.25, -0.2) is 4.98 Å². The Kier molecular flexibility index (Phi) is 9.70. The second-order valence-corrected chi connectivity index (χ2v) is 9.08. The predicted octanol–water partition coefficient (Wildman–Crippen LogP) is 1.64. The van der Waals surface area contributed by atoms with E-state index in [1.807, 2.05) is 31.2 Å². The van der Waals surface area contributed by atoms with Crippen LogP contribution in [0.1, 0.15) is 12.0 Å². The number of hydrogen-bond donors (Lipinski definition) is 2. The van der Waals surface area contributed by atoms with Crippen LogP contribution in [0, 0.1) is 6.92 Å². The molecule has 39 heavy (non-hydrogen) atoms. The molecule has 1 fully saturated rings. The SMILES string of the molecule is COc1cc(O[C@@H]2CO[C@@H](C(=O)Nc3cnn(CC(=O)N(CCN)CCOc4ccc(C)cc4)c3)C2)ccn1. The number of hydrogen-bond acceptors (Lipinski definition) is 9. The van der Waals surface area contributed by atoms with Crippen LogP contribution < -0.4 is 25.3 Å². The molecule has 1 aromatic carbocycles. The Morgan fingerprint density at radius 1 is 1.21 bits per heavy atom. The third-order valence-corrected chi connectivity index (χ3v) is 6.07. The molecule has 2 amide bonds. The Morgan fingerprint density at radius 2 is 2.03 bits per heavy atom. The first-order valence-corrected chi connectivity index (χ1v) is 12.7. The molecule has 1 aliphatic rings. The maximum atomic E-state index is 12.9. The van der Waals surface area contributed by atoms with E-state index in [4.69, 9.17) is 24.7 Å². The molecule has 2 atom stereocenters. The lowest BCUT2D eigenvalue weighted by Crippen LogP contribution is -2.40. The summed E-state index contributed by atoms with van der Waals surface area (Å²) in [5, 5.41) is 7.00. The molecule has 0 radical (unpaired) electrons. The first-order chi connectivity index (χ1) is 18.9. The Morgan fingerprint density at radius 3 is 2.79 bits per heavy atom. The van der Waals surface area contributed by atoms with Gasteiger partial charge in [-0.1, -0.05) is 17.7 Å². The molecule has 208 valence electrons. The van der Waals surface area contributed by atoms with E-state index in [1.165, 1.54) is 18.0 Å². The zero-order valence-electron chi connectivity index (χ0n) is 22.1. The minimum atomic E-state index is -0.669. The Bertz CT molecular complexity index is 1230. The largest absolute Gasteiger partial charge is 0.492 e. The van der Waals surface area contributed by atoms with Gasteiger partial charge >= 0.3 is 0 Å². The third kappa shape index (κ3) is 8.16. The van der Waals surface area contributed by atoms with E-state index in [0.29, 0.717) is 50.0 Å². The van der Waals surface area contributed by atoms with E-state index in [-0.39, 0.29) is 31.1 Å². The van der Waals surface area contributed by atoms with Crippen molar-refractivity contribution in [3.05, 3.63) is 60.6 Å². The smallest absolute Gasteiger partial charge is 0.253 e. The fraction of sp³-hybridized carbons (Fsp3) is 0.407. The van der Waals surface area contributed by atoms with Crippen LogP contribution in [0.3, 0.4) is 0 Å². The number of nitrogens with one attached hydrogen (secondary N) is 1. The molecular weight excluding hydrogens is 504 g/mol. The molecule has 3 heterocycles. The summed E-state index contributed by atoms with van der Waals surface area (Å²) >= 11 is 0. The van der Waals surface area contributed by atoms with Gasteiger partial charge in [-0.3, -0.25) is 14.3 Å². The predicted molar refractivity (Wildman–Crippen MR) is 143 cm³/mol. The van der Waals surface area contributed by atoms with Gasteiger partial charge < -0.3 is 34.9 Å². The lowest BCUT2D eigenvalue weighted by Gasteiger charge is -2.22. The number of carbonyl (C=O) groups is 2. The summed E-state index contributed by atoms with van der Waals surface area (Å²) in [4.78, 5) is 31.3. The van der Waals surface area contributed by atoms with Gasteiger partial charge in [-0.15, -0.1) is 0 Å². The van der Waals surface area contributed by atoms with Crippen LogP contribution in [0.2, 0.25) is 0 Å². The number of amides is 2. The van der Waals surface area contributed by atoms with Crippen molar-refractivity contribution >= 4 is 17.5 Å². The van der Waals surface area contributed by atoms with Gasteiger partial charge in [0.05, 0.1) is 32.1 Å². The van der Waals surface area contributed by atoms with Crippen LogP contribution in [-0.4, -0.2) is 83.6 Å². The van der Waals surface area contributed by atoms with Crippen molar-refractivity contribution in [2.75, 3.05) is 45.3 Å². The maximum absolute atomic E-state index is 12.9. The lowest BCUT2D eigenvalue weighted by molar-refractivity contribution is -0.132. The molecule has 1 saturated heterocycles. The Hall–Kier alpha value is -4.16. The number of carbonyl (C=O) groups excluding carboxylic acids is 2. The molecule has 4 rings (SSSR count). The first-order valence-electron chi connectivity index (χ1n) is 12.7. The molecule has 3 N–H and O–H groups in total. The molecule has 0 bridgehead atoms.